The highest BCUT2D eigenvalue weighted by Gasteiger charge is 2.13. The van der Waals surface area contributed by atoms with Crippen LogP contribution in [0.2, 0.25) is 0 Å². The number of para-hydroxylation sites is 1. The maximum atomic E-state index is 5.28. The first-order valence-electron chi connectivity index (χ1n) is 6.09. The first-order valence-corrected chi connectivity index (χ1v) is 6.88. The highest BCUT2D eigenvalue weighted by Crippen LogP contribution is 2.31. The molecule has 2 aromatic carbocycles. The van der Waals surface area contributed by atoms with Crippen LogP contribution < -0.4 is 4.74 Å². The zero-order valence-corrected chi connectivity index (χ0v) is 12.4. The van der Waals surface area contributed by atoms with E-state index in [2.05, 4.69) is 26.1 Å². The van der Waals surface area contributed by atoms with Crippen LogP contribution in [0.25, 0.3) is 17.1 Å². The standard InChI is InChI=1S/C15H12BrN3O/c1-20-12-7-8-14(16)13(9-12)15-18-17-10-19(15)11-5-3-2-4-6-11/h2-10H,1H3. The number of hydrogen-bond acceptors (Lipinski definition) is 3. The molecule has 0 saturated heterocycles. The van der Waals surface area contributed by atoms with Crippen LogP contribution in [0.15, 0.2) is 59.3 Å². The van der Waals surface area contributed by atoms with Gasteiger partial charge in [0.15, 0.2) is 5.82 Å². The first-order chi connectivity index (χ1) is 9.79. The summed E-state index contributed by atoms with van der Waals surface area (Å²) >= 11 is 3.55. The third-order valence-electron chi connectivity index (χ3n) is 3.00. The molecule has 1 aromatic heterocycles. The number of ether oxygens (including phenoxy) is 1. The molecule has 5 heteroatoms. The number of nitrogens with zero attached hydrogens (tertiary/aromatic N) is 3. The summed E-state index contributed by atoms with van der Waals surface area (Å²) in [5.41, 5.74) is 1.95. The molecule has 0 aliphatic carbocycles. The lowest BCUT2D eigenvalue weighted by atomic mass is 10.2. The lowest BCUT2D eigenvalue weighted by Gasteiger charge is -2.09. The zero-order valence-electron chi connectivity index (χ0n) is 10.8. The van der Waals surface area contributed by atoms with Crippen molar-refractivity contribution in [2.45, 2.75) is 0 Å². The van der Waals surface area contributed by atoms with E-state index in [1.54, 1.807) is 13.4 Å². The Morgan fingerprint density at radius 1 is 1.10 bits per heavy atom. The maximum absolute atomic E-state index is 5.28. The van der Waals surface area contributed by atoms with Gasteiger partial charge < -0.3 is 4.74 Å². The van der Waals surface area contributed by atoms with Gasteiger partial charge in [-0.1, -0.05) is 34.1 Å². The maximum Gasteiger partial charge on any atom is 0.169 e. The molecule has 0 aliphatic rings. The number of hydrogen-bond donors (Lipinski definition) is 0. The average Bonchev–Trinajstić information content (AvgIpc) is 2.98. The molecule has 4 nitrogen and oxygen atoms in total. The minimum absolute atomic E-state index is 0.766. The van der Waals surface area contributed by atoms with Crippen LogP contribution in [0.3, 0.4) is 0 Å². The summed E-state index contributed by atoms with van der Waals surface area (Å²) in [6.07, 6.45) is 1.70. The summed E-state index contributed by atoms with van der Waals surface area (Å²) in [6, 6.07) is 15.8. The molecule has 0 atom stereocenters. The summed E-state index contributed by atoms with van der Waals surface area (Å²) in [4.78, 5) is 0. The average molecular weight is 330 g/mol. The Kier molecular flexibility index (Phi) is 3.52. The normalized spacial score (nSPS) is 10.5. The SMILES string of the molecule is COc1ccc(Br)c(-c2nncn2-c2ccccc2)c1. The van der Waals surface area contributed by atoms with E-state index in [-0.39, 0.29) is 0 Å². The topological polar surface area (TPSA) is 39.9 Å². The van der Waals surface area contributed by atoms with Crippen molar-refractivity contribution in [3.8, 4) is 22.8 Å². The smallest absolute Gasteiger partial charge is 0.169 e. The monoisotopic (exact) mass is 329 g/mol. The molecule has 3 rings (SSSR count). The fourth-order valence-corrected chi connectivity index (χ4v) is 2.42. The molecule has 0 spiro atoms. The lowest BCUT2D eigenvalue weighted by Crippen LogP contribution is -1.97. The van der Waals surface area contributed by atoms with Crippen molar-refractivity contribution < 1.29 is 4.74 Å². The molecular weight excluding hydrogens is 318 g/mol. The van der Waals surface area contributed by atoms with Crippen LogP contribution in [-0.2, 0) is 0 Å². The van der Waals surface area contributed by atoms with Gasteiger partial charge in [-0.2, -0.15) is 0 Å². The van der Waals surface area contributed by atoms with Crippen LogP contribution in [-0.4, -0.2) is 21.9 Å². The number of methoxy groups -OCH3 is 1. The van der Waals surface area contributed by atoms with E-state index in [1.807, 2.05) is 53.1 Å². The van der Waals surface area contributed by atoms with Crippen LogP contribution in [0.1, 0.15) is 0 Å². The lowest BCUT2D eigenvalue weighted by molar-refractivity contribution is 0.415. The highest BCUT2D eigenvalue weighted by molar-refractivity contribution is 9.10. The second kappa shape index (κ2) is 5.46. The van der Waals surface area contributed by atoms with E-state index in [0.29, 0.717) is 0 Å². The van der Waals surface area contributed by atoms with Gasteiger partial charge in [0.2, 0.25) is 0 Å². The fraction of sp³-hybridized carbons (Fsp3) is 0.0667. The second-order valence-electron chi connectivity index (χ2n) is 4.21. The van der Waals surface area contributed by atoms with Gasteiger partial charge in [-0.15, -0.1) is 10.2 Å². The molecule has 1 heterocycles. The fourth-order valence-electron chi connectivity index (χ4n) is 2.00. The predicted molar refractivity (Wildman–Crippen MR) is 81.0 cm³/mol. The Hall–Kier alpha value is -2.14. The van der Waals surface area contributed by atoms with Gasteiger partial charge in [-0.05, 0) is 30.3 Å². The zero-order chi connectivity index (χ0) is 13.9. The molecule has 0 unspecified atom stereocenters. The van der Waals surface area contributed by atoms with Crippen LogP contribution in [0.5, 0.6) is 5.75 Å². The molecular formula is C15H12BrN3O. The van der Waals surface area contributed by atoms with E-state index in [9.17, 15) is 0 Å². The minimum Gasteiger partial charge on any atom is -0.497 e. The van der Waals surface area contributed by atoms with Crippen molar-refractivity contribution in [1.29, 1.82) is 0 Å². The third-order valence-corrected chi connectivity index (χ3v) is 3.69. The highest BCUT2D eigenvalue weighted by atomic mass is 79.9. The molecule has 20 heavy (non-hydrogen) atoms. The second-order valence-corrected chi connectivity index (χ2v) is 5.06. The Labute approximate surface area is 125 Å². The Morgan fingerprint density at radius 3 is 2.65 bits per heavy atom. The number of rotatable bonds is 3. The molecule has 0 bridgehead atoms. The van der Waals surface area contributed by atoms with E-state index < -0.39 is 0 Å². The van der Waals surface area contributed by atoms with Gasteiger partial charge in [0.05, 0.1) is 7.11 Å². The van der Waals surface area contributed by atoms with Crippen molar-refractivity contribution in [1.82, 2.24) is 14.8 Å². The molecule has 0 N–H and O–H groups in total. The van der Waals surface area contributed by atoms with Crippen LogP contribution in [0.4, 0.5) is 0 Å². The summed E-state index contributed by atoms with van der Waals surface area (Å²) in [5, 5.41) is 8.25. The Morgan fingerprint density at radius 2 is 1.90 bits per heavy atom. The molecule has 0 aliphatic heterocycles. The molecule has 3 aromatic rings. The van der Waals surface area contributed by atoms with Crippen molar-refractivity contribution in [3.05, 3.63) is 59.3 Å². The number of halogens is 1. The first kappa shape index (κ1) is 12.9. The molecule has 0 amide bonds. The Balaban J connectivity index is 2.15. The Bertz CT molecular complexity index is 725. The van der Waals surface area contributed by atoms with Crippen molar-refractivity contribution >= 4 is 15.9 Å². The van der Waals surface area contributed by atoms with Gasteiger partial charge in [-0.25, -0.2) is 0 Å². The van der Waals surface area contributed by atoms with Crippen LogP contribution in [0, 0.1) is 0 Å². The molecule has 100 valence electrons. The van der Waals surface area contributed by atoms with Gasteiger partial charge in [0, 0.05) is 15.7 Å². The van der Waals surface area contributed by atoms with E-state index >= 15 is 0 Å². The summed E-state index contributed by atoms with van der Waals surface area (Å²) < 4.78 is 8.17. The molecule has 0 fully saturated rings. The van der Waals surface area contributed by atoms with Crippen LogP contribution >= 0.6 is 15.9 Å². The molecule has 0 radical (unpaired) electrons. The summed E-state index contributed by atoms with van der Waals surface area (Å²) in [5.74, 6) is 1.55. The quantitative estimate of drug-likeness (QED) is 0.735. The van der Waals surface area contributed by atoms with E-state index in [0.717, 1.165) is 27.3 Å². The summed E-state index contributed by atoms with van der Waals surface area (Å²) in [7, 11) is 1.65. The van der Waals surface area contributed by atoms with Gasteiger partial charge >= 0.3 is 0 Å². The number of benzene rings is 2. The van der Waals surface area contributed by atoms with E-state index in [1.165, 1.54) is 0 Å². The van der Waals surface area contributed by atoms with Crippen molar-refractivity contribution in [2.75, 3.05) is 7.11 Å². The van der Waals surface area contributed by atoms with Crippen molar-refractivity contribution in [2.24, 2.45) is 0 Å². The van der Waals surface area contributed by atoms with E-state index in [4.69, 9.17) is 4.74 Å². The third kappa shape index (κ3) is 2.32. The van der Waals surface area contributed by atoms with Gasteiger partial charge in [-0.3, -0.25) is 4.57 Å². The largest absolute Gasteiger partial charge is 0.497 e. The van der Waals surface area contributed by atoms with Gasteiger partial charge in [0.25, 0.3) is 0 Å². The summed E-state index contributed by atoms with van der Waals surface area (Å²) in [6.45, 7) is 0. The van der Waals surface area contributed by atoms with Crippen molar-refractivity contribution in [3.63, 3.8) is 0 Å². The molecule has 0 saturated carbocycles. The number of aromatic nitrogens is 3. The minimum atomic E-state index is 0.766. The predicted octanol–water partition coefficient (Wildman–Crippen LogP) is 3.71. The van der Waals surface area contributed by atoms with Gasteiger partial charge in [0.1, 0.15) is 12.1 Å².